The van der Waals surface area contributed by atoms with Gasteiger partial charge < -0.3 is 4.74 Å². The minimum atomic E-state index is 0.739. The number of rotatable bonds is 5. The van der Waals surface area contributed by atoms with Crippen molar-refractivity contribution in [1.82, 2.24) is 0 Å². The summed E-state index contributed by atoms with van der Waals surface area (Å²) in [6, 6.07) is 7.95. The smallest absolute Gasteiger partial charge is 0.118 e. The SMILES string of the molecule is CCC[C@H]1CC[C@H](C2CCC(/C=C/C#Cc3ccc(OC)cc3)CC2)CC1. The predicted octanol–water partition coefficient (Wildman–Crippen LogP) is 7.02. The van der Waals surface area contributed by atoms with Crippen molar-refractivity contribution in [3.05, 3.63) is 42.0 Å². The van der Waals surface area contributed by atoms with E-state index in [1.165, 1.54) is 64.2 Å². The highest BCUT2D eigenvalue weighted by molar-refractivity contribution is 5.40. The molecule has 0 radical (unpaired) electrons. The van der Waals surface area contributed by atoms with E-state index in [1.54, 1.807) is 7.11 Å². The Balaban J connectivity index is 1.39. The zero-order chi connectivity index (χ0) is 18.9. The van der Waals surface area contributed by atoms with E-state index in [-0.39, 0.29) is 0 Å². The van der Waals surface area contributed by atoms with Gasteiger partial charge in [0.1, 0.15) is 5.75 Å². The largest absolute Gasteiger partial charge is 0.497 e. The van der Waals surface area contributed by atoms with Gasteiger partial charge in [-0.05, 0) is 92.5 Å². The van der Waals surface area contributed by atoms with Crippen LogP contribution >= 0.6 is 0 Å². The average Bonchev–Trinajstić information content (AvgIpc) is 2.73. The van der Waals surface area contributed by atoms with Gasteiger partial charge in [-0.25, -0.2) is 0 Å². The number of hydrogen-bond acceptors (Lipinski definition) is 1. The molecule has 0 amide bonds. The van der Waals surface area contributed by atoms with Crippen LogP contribution < -0.4 is 4.74 Å². The van der Waals surface area contributed by atoms with Gasteiger partial charge in [0.2, 0.25) is 0 Å². The van der Waals surface area contributed by atoms with Crippen LogP contribution in [0.1, 0.15) is 76.7 Å². The zero-order valence-corrected chi connectivity index (χ0v) is 17.3. The second-order valence-corrected chi connectivity index (χ2v) is 8.60. The number of allylic oxidation sites excluding steroid dienone is 2. The Morgan fingerprint density at radius 1 is 0.926 bits per heavy atom. The highest BCUT2D eigenvalue weighted by Gasteiger charge is 2.29. The van der Waals surface area contributed by atoms with Gasteiger partial charge in [0.15, 0.2) is 0 Å². The first-order valence-corrected chi connectivity index (χ1v) is 11.1. The summed E-state index contributed by atoms with van der Waals surface area (Å²) < 4.78 is 5.18. The first kappa shape index (κ1) is 20.1. The number of benzene rings is 1. The molecule has 1 aromatic rings. The molecule has 1 nitrogen and oxygen atoms in total. The van der Waals surface area contributed by atoms with Gasteiger partial charge in [-0.15, -0.1) is 0 Å². The molecular formula is C26H36O. The maximum absolute atomic E-state index is 5.18. The van der Waals surface area contributed by atoms with Crippen molar-refractivity contribution in [2.75, 3.05) is 7.11 Å². The third kappa shape index (κ3) is 6.17. The maximum atomic E-state index is 5.18. The van der Waals surface area contributed by atoms with E-state index in [0.29, 0.717) is 0 Å². The Hall–Kier alpha value is -1.68. The summed E-state index contributed by atoms with van der Waals surface area (Å²) in [6.45, 7) is 2.34. The summed E-state index contributed by atoms with van der Waals surface area (Å²) in [5.41, 5.74) is 1.04. The monoisotopic (exact) mass is 364 g/mol. The fraction of sp³-hybridized carbons (Fsp3) is 0.615. The van der Waals surface area contributed by atoms with Crippen LogP contribution in [-0.2, 0) is 0 Å². The zero-order valence-electron chi connectivity index (χ0n) is 17.3. The standard InChI is InChI=1S/C26H36O/c1-3-6-21-9-15-24(16-10-21)25-17-11-22(12-18-25)7-4-5-8-23-13-19-26(27-2)20-14-23/h4,7,13-14,19-22,24-25H,3,6,9-12,15-18H2,1-2H3/b7-4+/t21-,22?,24-,25?. The summed E-state index contributed by atoms with van der Waals surface area (Å²) in [7, 11) is 1.69. The van der Waals surface area contributed by atoms with Gasteiger partial charge in [-0.2, -0.15) is 0 Å². The van der Waals surface area contributed by atoms with E-state index < -0.39 is 0 Å². The maximum Gasteiger partial charge on any atom is 0.118 e. The number of ether oxygens (including phenoxy) is 1. The lowest BCUT2D eigenvalue weighted by Gasteiger charge is -2.37. The molecule has 3 rings (SSSR count). The van der Waals surface area contributed by atoms with Crippen molar-refractivity contribution < 1.29 is 4.74 Å². The van der Waals surface area contributed by atoms with Crippen LogP contribution in [0.5, 0.6) is 5.75 Å². The summed E-state index contributed by atoms with van der Waals surface area (Å²) in [5, 5.41) is 0. The third-order valence-electron chi connectivity index (χ3n) is 6.83. The molecular weight excluding hydrogens is 328 g/mol. The van der Waals surface area contributed by atoms with Gasteiger partial charge >= 0.3 is 0 Å². The third-order valence-corrected chi connectivity index (χ3v) is 6.83. The van der Waals surface area contributed by atoms with Crippen molar-refractivity contribution in [3.63, 3.8) is 0 Å². The van der Waals surface area contributed by atoms with Crippen LogP contribution in [0, 0.1) is 35.5 Å². The lowest BCUT2D eigenvalue weighted by molar-refractivity contribution is 0.152. The molecule has 0 spiro atoms. The average molecular weight is 365 g/mol. The van der Waals surface area contributed by atoms with E-state index in [0.717, 1.165) is 35.0 Å². The predicted molar refractivity (Wildman–Crippen MR) is 115 cm³/mol. The molecule has 0 bridgehead atoms. The first-order chi connectivity index (χ1) is 13.3. The van der Waals surface area contributed by atoms with E-state index in [2.05, 4.69) is 30.9 Å². The van der Waals surface area contributed by atoms with Gasteiger partial charge in [-0.3, -0.25) is 0 Å². The summed E-state index contributed by atoms with van der Waals surface area (Å²) >= 11 is 0. The molecule has 0 unspecified atom stereocenters. The van der Waals surface area contributed by atoms with Crippen molar-refractivity contribution in [1.29, 1.82) is 0 Å². The van der Waals surface area contributed by atoms with Crippen LogP contribution in [-0.4, -0.2) is 7.11 Å². The Labute approximate surface area is 166 Å². The Bertz CT molecular complexity index is 629. The Morgan fingerprint density at radius 3 is 2.15 bits per heavy atom. The van der Waals surface area contributed by atoms with E-state index in [4.69, 9.17) is 4.74 Å². The van der Waals surface area contributed by atoms with Gasteiger partial charge in [0, 0.05) is 5.56 Å². The minimum Gasteiger partial charge on any atom is -0.497 e. The lowest BCUT2D eigenvalue weighted by Crippen LogP contribution is -2.25. The summed E-state index contributed by atoms with van der Waals surface area (Å²) in [4.78, 5) is 0. The van der Waals surface area contributed by atoms with Crippen molar-refractivity contribution in [2.45, 2.75) is 71.1 Å². The fourth-order valence-corrected chi connectivity index (χ4v) is 5.15. The summed E-state index contributed by atoms with van der Waals surface area (Å²) in [5.74, 6) is 11.1. The molecule has 1 heteroatoms. The van der Waals surface area contributed by atoms with Crippen LogP contribution in [0.3, 0.4) is 0 Å². The quantitative estimate of drug-likeness (QED) is 0.510. The topological polar surface area (TPSA) is 9.23 Å². The molecule has 0 aromatic heterocycles. The van der Waals surface area contributed by atoms with E-state index in [9.17, 15) is 0 Å². The van der Waals surface area contributed by atoms with Gasteiger partial charge in [0.25, 0.3) is 0 Å². The van der Waals surface area contributed by atoms with E-state index >= 15 is 0 Å². The molecule has 0 aliphatic heterocycles. The van der Waals surface area contributed by atoms with Crippen LogP contribution in [0.25, 0.3) is 0 Å². The molecule has 2 fully saturated rings. The molecule has 1 aromatic carbocycles. The second kappa shape index (κ2) is 10.6. The first-order valence-electron chi connectivity index (χ1n) is 11.1. The molecule has 2 aliphatic carbocycles. The van der Waals surface area contributed by atoms with Gasteiger partial charge in [0.05, 0.1) is 7.11 Å². The molecule has 2 aliphatic rings. The molecule has 27 heavy (non-hydrogen) atoms. The van der Waals surface area contributed by atoms with Crippen molar-refractivity contribution in [3.8, 4) is 17.6 Å². The molecule has 0 saturated heterocycles. The second-order valence-electron chi connectivity index (χ2n) is 8.60. The van der Waals surface area contributed by atoms with Crippen LogP contribution in [0.2, 0.25) is 0 Å². The van der Waals surface area contributed by atoms with Crippen molar-refractivity contribution in [2.24, 2.45) is 23.7 Å². The highest BCUT2D eigenvalue weighted by Crippen LogP contribution is 2.42. The minimum absolute atomic E-state index is 0.739. The summed E-state index contributed by atoms with van der Waals surface area (Å²) in [6.07, 6.45) is 18.9. The molecule has 0 heterocycles. The number of methoxy groups -OCH3 is 1. The Morgan fingerprint density at radius 2 is 1.56 bits per heavy atom. The van der Waals surface area contributed by atoms with Crippen LogP contribution in [0.15, 0.2) is 36.4 Å². The normalized spacial score (nSPS) is 28.5. The molecule has 0 N–H and O–H groups in total. The molecule has 0 atom stereocenters. The van der Waals surface area contributed by atoms with E-state index in [1.807, 2.05) is 24.3 Å². The number of hydrogen-bond donors (Lipinski definition) is 0. The van der Waals surface area contributed by atoms with Crippen LogP contribution in [0.4, 0.5) is 0 Å². The highest BCUT2D eigenvalue weighted by atomic mass is 16.5. The fourth-order valence-electron chi connectivity index (χ4n) is 5.15. The Kier molecular flexibility index (Phi) is 7.88. The lowest BCUT2D eigenvalue weighted by atomic mass is 9.69. The molecule has 2 saturated carbocycles. The molecule has 146 valence electrons. The van der Waals surface area contributed by atoms with Crippen molar-refractivity contribution >= 4 is 0 Å². The van der Waals surface area contributed by atoms with Gasteiger partial charge in [-0.1, -0.05) is 50.5 Å².